The fourth-order valence-corrected chi connectivity index (χ4v) is 3.92. The molecule has 1 amide bonds. The minimum Gasteiger partial charge on any atom is -0.494 e. The average Bonchev–Trinajstić information content (AvgIpc) is 2.86. The zero-order valence-electron chi connectivity index (χ0n) is 19.1. The summed E-state index contributed by atoms with van der Waals surface area (Å²) in [6.07, 6.45) is 0.645. The van der Waals surface area contributed by atoms with Crippen LogP contribution in [0.15, 0.2) is 88.5 Å². The van der Waals surface area contributed by atoms with Crippen LogP contribution in [-0.4, -0.2) is 28.2 Å². The van der Waals surface area contributed by atoms with E-state index in [9.17, 15) is 14.4 Å². The van der Waals surface area contributed by atoms with Crippen molar-refractivity contribution in [2.75, 3.05) is 13.2 Å². The van der Waals surface area contributed by atoms with Crippen LogP contribution in [-0.2, 0) is 24.3 Å². The van der Waals surface area contributed by atoms with Crippen molar-refractivity contribution in [3.05, 3.63) is 111 Å². The van der Waals surface area contributed by atoms with Crippen molar-refractivity contribution in [3.8, 4) is 5.75 Å². The minimum absolute atomic E-state index is 0.218. The standard InChI is InChI=1S/C27H27N3O4/c1-2-34-22-14-12-20(13-15-22)16-17-28-25(31)19-30-24-11-7-6-10-23(24)29(26(32)27(30)33)18-21-8-4-3-5-9-21/h3-15H,2,16-19H2,1H3,(H,28,31). The van der Waals surface area contributed by atoms with Crippen molar-refractivity contribution >= 4 is 16.9 Å². The van der Waals surface area contributed by atoms with Crippen LogP contribution >= 0.6 is 0 Å². The Morgan fingerprint density at radius 2 is 1.41 bits per heavy atom. The highest BCUT2D eigenvalue weighted by molar-refractivity contribution is 5.80. The Hall–Kier alpha value is -4.13. The molecule has 0 saturated carbocycles. The highest BCUT2D eigenvalue weighted by Gasteiger charge is 2.15. The number of hydrogen-bond donors (Lipinski definition) is 1. The molecule has 1 aromatic heterocycles. The van der Waals surface area contributed by atoms with E-state index in [1.54, 1.807) is 18.2 Å². The molecule has 3 aromatic carbocycles. The second-order valence-electron chi connectivity index (χ2n) is 7.93. The molecule has 7 heteroatoms. The molecule has 0 aliphatic rings. The molecule has 0 bridgehead atoms. The van der Waals surface area contributed by atoms with Gasteiger partial charge in [-0.25, -0.2) is 0 Å². The normalized spacial score (nSPS) is 10.9. The summed E-state index contributed by atoms with van der Waals surface area (Å²) in [5, 5.41) is 2.85. The zero-order valence-corrected chi connectivity index (χ0v) is 19.1. The molecule has 34 heavy (non-hydrogen) atoms. The summed E-state index contributed by atoms with van der Waals surface area (Å²) < 4.78 is 8.16. The number of ether oxygens (including phenoxy) is 1. The Labute approximate surface area is 197 Å². The van der Waals surface area contributed by atoms with Gasteiger partial charge in [-0.2, -0.15) is 0 Å². The maximum absolute atomic E-state index is 13.0. The molecule has 0 aliphatic heterocycles. The van der Waals surface area contributed by atoms with E-state index in [2.05, 4.69) is 5.32 Å². The topological polar surface area (TPSA) is 82.3 Å². The van der Waals surface area contributed by atoms with Gasteiger partial charge in [-0.1, -0.05) is 54.6 Å². The molecule has 0 aliphatic carbocycles. The number of nitrogens with zero attached hydrogens (tertiary/aromatic N) is 2. The Morgan fingerprint density at radius 3 is 2.09 bits per heavy atom. The second kappa shape index (κ2) is 10.7. The molecular weight excluding hydrogens is 430 g/mol. The Kier molecular flexibility index (Phi) is 7.22. The number of carbonyl (C=O) groups excluding carboxylic acids is 1. The maximum atomic E-state index is 13.0. The van der Waals surface area contributed by atoms with Gasteiger partial charge < -0.3 is 10.1 Å². The Balaban J connectivity index is 1.50. The van der Waals surface area contributed by atoms with Crippen molar-refractivity contribution < 1.29 is 9.53 Å². The number of benzene rings is 3. The second-order valence-corrected chi connectivity index (χ2v) is 7.93. The summed E-state index contributed by atoms with van der Waals surface area (Å²) in [6, 6.07) is 24.4. The first-order chi connectivity index (χ1) is 16.6. The van der Waals surface area contributed by atoms with Crippen molar-refractivity contribution in [1.29, 1.82) is 0 Å². The zero-order chi connectivity index (χ0) is 23.9. The van der Waals surface area contributed by atoms with E-state index in [0.717, 1.165) is 16.9 Å². The van der Waals surface area contributed by atoms with Gasteiger partial charge in [0.1, 0.15) is 12.3 Å². The molecular formula is C27H27N3O4. The van der Waals surface area contributed by atoms with E-state index in [4.69, 9.17) is 4.74 Å². The highest BCUT2D eigenvalue weighted by atomic mass is 16.5. The van der Waals surface area contributed by atoms with Crippen LogP contribution in [0, 0.1) is 0 Å². The number of rotatable bonds is 9. The molecule has 0 spiro atoms. The van der Waals surface area contributed by atoms with Gasteiger partial charge in [0, 0.05) is 6.54 Å². The molecule has 0 saturated heterocycles. The van der Waals surface area contributed by atoms with Gasteiger partial charge in [-0.15, -0.1) is 0 Å². The molecule has 7 nitrogen and oxygen atoms in total. The summed E-state index contributed by atoms with van der Waals surface area (Å²) in [6.45, 7) is 3.03. The van der Waals surface area contributed by atoms with E-state index < -0.39 is 11.1 Å². The molecule has 1 heterocycles. The maximum Gasteiger partial charge on any atom is 0.317 e. The largest absolute Gasteiger partial charge is 0.494 e. The van der Waals surface area contributed by atoms with Crippen molar-refractivity contribution in [2.24, 2.45) is 0 Å². The monoisotopic (exact) mass is 457 g/mol. The summed E-state index contributed by atoms with van der Waals surface area (Å²) in [4.78, 5) is 38.5. The first-order valence-corrected chi connectivity index (χ1v) is 11.3. The Bertz CT molecular complexity index is 1390. The third-order valence-electron chi connectivity index (χ3n) is 5.59. The van der Waals surface area contributed by atoms with Gasteiger partial charge in [-0.05, 0) is 48.7 Å². The third kappa shape index (κ3) is 5.26. The lowest BCUT2D eigenvalue weighted by Crippen LogP contribution is -2.44. The van der Waals surface area contributed by atoms with Crippen LogP contribution in [0.5, 0.6) is 5.75 Å². The number of fused-ring (bicyclic) bond motifs is 1. The highest BCUT2D eigenvalue weighted by Crippen LogP contribution is 2.13. The fraction of sp³-hybridized carbons (Fsp3) is 0.222. The van der Waals surface area contributed by atoms with Gasteiger partial charge in [0.15, 0.2) is 0 Å². The van der Waals surface area contributed by atoms with E-state index in [1.807, 2.05) is 67.6 Å². The number of para-hydroxylation sites is 2. The fourth-order valence-electron chi connectivity index (χ4n) is 3.92. The van der Waals surface area contributed by atoms with Crippen molar-refractivity contribution in [3.63, 3.8) is 0 Å². The van der Waals surface area contributed by atoms with E-state index in [0.29, 0.717) is 30.6 Å². The van der Waals surface area contributed by atoms with Gasteiger partial charge in [0.25, 0.3) is 0 Å². The first-order valence-electron chi connectivity index (χ1n) is 11.3. The van der Waals surface area contributed by atoms with Crippen LogP contribution in [0.1, 0.15) is 18.1 Å². The van der Waals surface area contributed by atoms with Gasteiger partial charge in [0.05, 0.1) is 24.2 Å². The van der Waals surface area contributed by atoms with Crippen molar-refractivity contribution in [2.45, 2.75) is 26.4 Å². The molecule has 0 radical (unpaired) electrons. The molecule has 4 aromatic rings. The first kappa shape index (κ1) is 23.0. The van der Waals surface area contributed by atoms with Gasteiger partial charge in [0.2, 0.25) is 5.91 Å². The SMILES string of the molecule is CCOc1ccc(CCNC(=O)Cn2c(=O)c(=O)n(Cc3ccccc3)c3ccccc32)cc1. The number of aromatic nitrogens is 2. The van der Waals surface area contributed by atoms with Crippen molar-refractivity contribution in [1.82, 2.24) is 14.5 Å². The molecule has 1 N–H and O–H groups in total. The van der Waals surface area contributed by atoms with Crippen LogP contribution in [0.4, 0.5) is 0 Å². The molecule has 0 atom stereocenters. The van der Waals surface area contributed by atoms with Crippen LogP contribution < -0.4 is 21.2 Å². The summed E-state index contributed by atoms with van der Waals surface area (Å²) in [5.41, 5.74) is 1.78. The number of nitrogens with one attached hydrogen (secondary N) is 1. The van der Waals surface area contributed by atoms with Crippen LogP contribution in [0.2, 0.25) is 0 Å². The molecule has 0 fully saturated rings. The number of carbonyl (C=O) groups is 1. The predicted molar refractivity (Wildman–Crippen MR) is 132 cm³/mol. The summed E-state index contributed by atoms with van der Waals surface area (Å²) in [7, 11) is 0. The summed E-state index contributed by atoms with van der Waals surface area (Å²) in [5.74, 6) is 0.488. The number of amides is 1. The Morgan fingerprint density at radius 1 is 0.794 bits per heavy atom. The lowest BCUT2D eigenvalue weighted by molar-refractivity contribution is -0.121. The predicted octanol–water partition coefficient (Wildman–Crippen LogP) is 2.97. The molecule has 0 unspecified atom stereocenters. The number of hydrogen-bond acceptors (Lipinski definition) is 4. The van der Waals surface area contributed by atoms with E-state index >= 15 is 0 Å². The quantitative estimate of drug-likeness (QED) is 0.392. The van der Waals surface area contributed by atoms with Crippen LogP contribution in [0.3, 0.4) is 0 Å². The minimum atomic E-state index is -0.712. The molecule has 174 valence electrons. The van der Waals surface area contributed by atoms with E-state index in [-0.39, 0.29) is 19.0 Å². The lowest BCUT2D eigenvalue weighted by atomic mass is 10.1. The third-order valence-corrected chi connectivity index (χ3v) is 5.59. The van der Waals surface area contributed by atoms with E-state index in [1.165, 1.54) is 9.13 Å². The summed E-state index contributed by atoms with van der Waals surface area (Å²) >= 11 is 0. The molecule has 4 rings (SSSR count). The smallest absolute Gasteiger partial charge is 0.317 e. The van der Waals surface area contributed by atoms with Gasteiger partial charge in [-0.3, -0.25) is 23.5 Å². The lowest BCUT2D eigenvalue weighted by Gasteiger charge is -2.15. The average molecular weight is 458 g/mol. The van der Waals surface area contributed by atoms with Gasteiger partial charge >= 0.3 is 11.1 Å². The van der Waals surface area contributed by atoms with Crippen LogP contribution in [0.25, 0.3) is 11.0 Å².